The molecule has 24 heavy (non-hydrogen) atoms. The maximum absolute atomic E-state index is 5.89. The molecule has 1 aromatic carbocycles. The standard InChI is InChI=1S/C18H22N5O/c1-22-9-7-17-16(13-22)6-10-23(17)12-14-2-4-15(5-3-14)18(20)21-24-11-8-19/h2-7,9-10,13H,8,11-12,19H2,1H3,(H2,20,21)/q+1. The van der Waals surface area contributed by atoms with Gasteiger partial charge in [-0.1, -0.05) is 29.4 Å². The van der Waals surface area contributed by atoms with Gasteiger partial charge in [0.05, 0.1) is 10.9 Å². The third-order valence-electron chi connectivity index (χ3n) is 3.82. The molecule has 0 aliphatic heterocycles. The number of nitrogens with two attached hydrogens (primary N) is 2. The SMILES string of the molecule is C[n+]1ccc2c(ccn2Cc2ccc(C(N)=NOCCN)cc2)c1. The third-order valence-corrected chi connectivity index (χ3v) is 3.82. The summed E-state index contributed by atoms with van der Waals surface area (Å²) >= 11 is 0. The van der Waals surface area contributed by atoms with Crippen molar-refractivity contribution in [1.82, 2.24) is 4.57 Å². The first-order valence-corrected chi connectivity index (χ1v) is 7.86. The van der Waals surface area contributed by atoms with Gasteiger partial charge in [0.2, 0.25) is 0 Å². The number of rotatable bonds is 6. The van der Waals surface area contributed by atoms with E-state index in [0.717, 1.165) is 12.1 Å². The van der Waals surface area contributed by atoms with Gasteiger partial charge in [0.15, 0.2) is 18.2 Å². The number of amidine groups is 1. The Kier molecular flexibility index (Phi) is 4.77. The average Bonchev–Trinajstić information content (AvgIpc) is 2.97. The molecule has 6 nitrogen and oxygen atoms in total. The van der Waals surface area contributed by atoms with Gasteiger partial charge < -0.3 is 20.9 Å². The third kappa shape index (κ3) is 3.55. The number of benzene rings is 1. The highest BCUT2D eigenvalue weighted by Crippen LogP contribution is 2.15. The first kappa shape index (κ1) is 16.0. The monoisotopic (exact) mass is 324 g/mol. The number of nitrogens with zero attached hydrogens (tertiary/aromatic N) is 3. The van der Waals surface area contributed by atoms with E-state index in [2.05, 4.69) is 57.1 Å². The van der Waals surface area contributed by atoms with Crippen molar-refractivity contribution in [2.24, 2.45) is 23.7 Å². The van der Waals surface area contributed by atoms with Crippen molar-refractivity contribution >= 4 is 16.7 Å². The van der Waals surface area contributed by atoms with E-state index in [-0.39, 0.29) is 0 Å². The summed E-state index contributed by atoms with van der Waals surface area (Å²) in [6.07, 6.45) is 6.28. The van der Waals surface area contributed by atoms with E-state index >= 15 is 0 Å². The Labute approximate surface area is 140 Å². The van der Waals surface area contributed by atoms with E-state index in [4.69, 9.17) is 16.3 Å². The van der Waals surface area contributed by atoms with Crippen LogP contribution in [0.2, 0.25) is 0 Å². The highest BCUT2D eigenvalue weighted by Gasteiger charge is 2.06. The van der Waals surface area contributed by atoms with Crippen LogP contribution in [0.3, 0.4) is 0 Å². The van der Waals surface area contributed by atoms with E-state index in [1.807, 2.05) is 19.2 Å². The average molecular weight is 324 g/mol. The maximum Gasteiger partial charge on any atom is 0.177 e. The zero-order valence-electron chi connectivity index (χ0n) is 13.7. The fourth-order valence-electron chi connectivity index (χ4n) is 2.59. The second-order valence-electron chi connectivity index (χ2n) is 5.69. The zero-order chi connectivity index (χ0) is 16.9. The highest BCUT2D eigenvalue weighted by molar-refractivity contribution is 5.97. The number of pyridine rings is 1. The maximum atomic E-state index is 5.89. The van der Waals surface area contributed by atoms with Gasteiger partial charge in [0.1, 0.15) is 13.7 Å². The molecule has 0 radical (unpaired) electrons. The Hall–Kier alpha value is -2.86. The van der Waals surface area contributed by atoms with E-state index < -0.39 is 0 Å². The molecule has 0 amide bonds. The Morgan fingerprint density at radius 2 is 2.00 bits per heavy atom. The molecule has 0 aliphatic rings. The van der Waals surface area contributed by atoms with E-state index in [9.17, 15) is 0 Å². The Morgan fingerprint density at radius 3 is 2.75 bits per heavy atom. The molecule has 0 unspecified atom stereocenters. The molecule has 3 aromatic rings. The lowest BCUT2D eigenvalue weighted by molar-refractivity contribution is -0.670. The van der Waals surface area contributed by atoms with Gasteiger partial charge in [-0.2, -0.15) is 0 Å². The van der Waals surface area contributed by atoms with Crippen LogP contribution in [0.5, 0.6) is 0 Å². The lowest BCUT2D eigenvalue weighted by Crippen LogP contribution is -2.25. The van der Waals surface area contributed by atoms with Crippen LogP contribution in [0.4, 0.5) is 0 Å². The fourth-order valence-corrected chi connectivity index (χ4v) is 2.59. The first-order valence-electron chi connectivity index (χ1n) is 7.86. The second kappa shape index (κ2) is 7.14. The summed E-state index contributed by atoms with van der Waals surface area (Å²) in [6, 6.07) is 12.3. The van der Waals surface area contributed by atoms with Crippen LogP contribution in [-0.4, -0.2) is 23.6 Å². The largest absolute Gasteiger partial charge is 0.393 e. The van der Waals surface area contributed by atoms with Crippen molar-refractivity contribution in [3.8, 4) is 0 Å². The minimum atomic E-state index is 0.355. The summed E-state index contributed by atoms with van der Waals surface area (Å²) in [7, 11) is 2.03. The van der Waals surface area contributed by atoms with Gasteiger partial charge in [-0.15, -0.1) is 0 Å². The topological polar surface area (TPSA) is 82.4 Å². The van der Waals surface area contributed by atoms with Gasteiger partial charge in [0, 0.05) is 30.9 Å². The van der Waals surface area contributed by atoms with Crippen LogP contribution in [0.1, 0.15) is 11.1 Å². The van der Waals surface area contributed by atoms with Crippen LogP contribution < -0.4 is 16.0 Å². The van der Waals surface area contributed by atoms with Gasteiger partial charge in [-0.05, 0) is 11.6 Å². The van der Waals surface area contributed by atoms with Gasteiger partial charge in [-0.3, -0.25) is 0 Å². The number of oxime groups is 1. The van der Waals surface area contributed by atoms with Crippen molar-refractivity contribution in [1.29, 1.82) is 0 Å². The summed E-state index contributed by atoms with van der Waals surface area (Å²) in [5, 5.41) is 5.07. The highest BCUT2D eigenvalue weighted by atomic mass is 16.6. The number of aryl methyl sites for hydroxylation is 1. The summed E-state index contributed by atoms with van der Waals surface area (Å²) in [5.41, 5.74) is 14.5. The lowest BCUT2D eigenvalue weighted by Gasteiger charge is -2.07. The summed E-state index contributed by atoms with van der Waals surface area (Å²) in [4.78, 5) is 5.00. The van der Waals surface area contributed by atoms with Crippen LogP contribution in [0, 0.1) is 0 Å². The van der Waals surface area contributed by atoms with E-state index in [1.54, 1.807) is 0 Å². The van der Waals surface area contributed by atoms with E-state index in [1.165, 1.54) is 16.5 Å². The molecule has 0 saturated heterocycles. The van der Waals surface area contributed by atoms with Gasteiger partial charge in [0.25, 0.3) is 0 Å². The summed E-state index contributed by atoms with van der Waals surface area (Å²) in [6.45, 7) is 1.58. The van der Waals surface area contributed by atoms with Crippen molar-refractivity contribution in [2.75, 3.05) is 13.2 Å². The quantitative estimate of drug-likeness (QED) is 0.234. The summed E-state index contributed by atoms with van der Waals surface area (Å²) < 4.78 is 4.28. The minimum Gasteiger partial charge on any atom is -0.393 e. The normalized spacial score (nSPS) is 11.8. The number of fused-ring (bicyclic) bond motifs is 1. The minimum absolute atomic E-state index is 0.355. The smallest absolute Gasteiger partial charge is 0.177 e. The molecule has 3 rings (SSSR count). The summed E-state index contributed by atoms with van der Waals surface area (Å²) in [5.74, 6) is 0.355. The molecule has 0 bridgehead atoms. The van der Waals surface area contributed by atoms with Crippen molar-refractivity contribution < 1.29 is 9.40 Å². The predicted molar refractivity (Wildman–Crippen MR) is 94.4 cm³/mol. The van der Waals surface area contributed by atoms with Gasteiger partial charge >= 0.3 is 0 Å². The Balaban J connectivity index is 1.75. The van der Waals surface area contributed by atoms with E-state index in [0.29, 0.717) is 19.0 Å². The predicted octanol–water partition coefficient (Wildman–Crippen LogP) is 1.11. The van der Waals surface area contributed by atoms with Crippen molar-refractivity contribution in [3.63, 3.8) is 0 Å². The molecular weight excluding hydrogens is 302 g/mol. The van der Waals surface area contributed by atoms with Crippen LogP contribution >= 0.6 is 0 Å². The molecular formula is C18H22N5O+. The molecule has 6 heteroatoms. The number of aromatic nitrogens is 2. The molecule has 2 heterocycles. The first-order chi connectivity index (χ1) is 11.7. The molecule has 0 atom stereocenters. The lowest BCUT2D eigenvalue weighted by atomic mass is 10.1. The van der Waals surface area contributed by atoms with Gasteiger partial charge in [-0.25, -0.2) is 4.57 Å². The Bertz CT molecular complexity index is 851. The second-order valence-corrected chi connectivity index (χ2v) is 5.69. The molecule has 0 spiro atoms. The van der Waals surface area contributed by atoms with Crippen LogP contribution in [-0.2, 0) is 18.4 Å². The van der Waals surface area contributed by atoms with Crippen molar-refractivity contribution in [3.05, 3.63) is 66.1 Å². The molecule has 0 saturated carbocycles. The zero-order valence-corrected chi connectivity index (χ0v) is 13.7. The molecule has 0 fully saturated rings. The van der Waals surface area contributed by atoms with Crippen LogP contribution in [0.15, 0.2) is 60.1 Å². The number of hydrogen-bond donors (Lipinski definition) is 2. The fraction of sp³-hybridized carbons (Fsp3) is 0.222. The van der Waals surface area contributed by atoms with Crippen LogP contribution in [0.25, 0.3) is 10.9 Å². The van der Waals surface area contributed by atoms with Crippen molar-refractivity contribution in [2.45, 2.75) is 6.54 Å². The molecule has 0 aliphatic carbocycles. The molecule has 2 aromatic heterocycles. The molecule has 4 N–H and O–H groups in total. The number of hydrogen-bond acceptors (Lipinski definition) is 3. The molecule has 124 valence electrons. The Morgan fingerprint density at radius 1 is 1.21 bits per heavy atom.